The molecular formula is C20H16F3NO3. The van der Waals surface area contributed by atoms with Gasteiger partial charge in [-0.2, -0.15) is 13.2 Å². The quantitative estimate of drug-likeness (QED) is 0.640. The molecule has 0 atom stereocenters. The minimum absolute atomic E-state index is 0.218. The lowest BCUT2D eigenvalue weighted by Crippen LogP contribution is -2.12. The van der Waals surface area contributed by atoms with Crippen molar-refractivity contribution in [3.63, 3.8) is 0 Å². The molecule has 2 aromatic carbocycles. The molecule has 0 amide bonds. The zero-order valence-corrected chi connectivity index (χ0v) is 14.1. The van der Waals surface area contributed by atoms with Crippen LogP contribution in [0.1, 0.15) is 27.2 Å². The van der Waals surface area contributed by atoms with Gasteiger partial charge in [0.25, 0.3) is 0 Å². The smallest absolute Gasteiger partial charge is 0.416 e. The topological polar surface area (TPSA) is 62.5 Å². The second-order valence-electron chi connectivity index (χ2n) is 5.95. The first-order chi connectivity index (χ1) is 12.8. The summed E-state index contributed by atoms with van der Waals surface area (Å²) in [5.41, 5.74) is 0.765. The number of carboxylic acid groups (broad SMARTS) is 1. The molecule has 0 bridgehead atoms. The SMILES string of the molecule is O=C(O)c1ccc(CNCc2ccc(-c3cccc(C(F)(F)F)c3)o2)cc1. The molecule has 2 N–H and O–H groups in total. The standard InChI is InChI=1S/C20H16F3NO3/c21-20(22,23)16-3-1-2-15(10-16)18-9-8-17(27-18)12-24-11-13-4-6-14(7-5-13)19(25)26/h1-10,24H,11-12H2,(H,25,26). The molecule has 4 nitrogen and oxygen atoms in total. The van der Waals surface area contributed by atoms with Gasteiger partial charge in [-0.1, -0.05) is 24.3 Å². The highest BCUT2D eigenvalue weighted by atomic mass is 19.4. The Morgan fingerprint density at radius 3 is 2.41 bits per heavy atom. The Morgan fingerprint density at radius 2 is 1.74 bits per heavy atom. The Bertz CT molecular complexity index is 930. The largest absolute Gasteiger partial charge is 0.478 e. The van der Waals surface area contributed by atoms with Gasteiger partial charge in [0.2, 0.25) is 0 Å². The molecule has 140 valence electrons. The Kier molecular flexibility index (Phi) is 5.32. The van der Waals surface area contributed by atoms with Gasteiger partial charge in [0.05, 0.1) is 17.7 Å². The van der Waals surface area contributed by atoms with E-state index in [1.807, 2.05) is 0 Å². The molecule has 27 heavy (non-hydrogen) atoms. The first-order valence-electron chi connectivity index (χ1n) is 8.12. The predicted molar refractivity (Wildman–Crippen MR) is 93.1 cm³/mol. The van der Waals surface area contributed by atoms with Crippen molar-refractivity contribution < 1.29 is 27.5 Å². The fourth-order valence-corrected chi connectivity index (χ4v) is 2.57. The zero-order valence-electron chi connectivity index (χ0n) is 14.1. The number of furan rings is 1. The Hall–Kier alpha value is -3.06. The fraction of sp³-hybridized carbons (Fsp3) is 0.150. The summed E-state index contributed by atoms with van der Waals surface area (Å²) in [7, 11) is 0. The Labute approximate surface area is 153 Å². The molecular weight excluding hydrogens is 359 g/mol. The number of rotatable bonds is 6. The summed E-state index contributed by atoms with van der Waals surface area (Å²) in [6.45, 7) is 0.888. The molecule has 0 radical (unpaired) electrons. The van der Waals surface area contributed by atoms with Crippen LogP contribution in [-0.4, -0.2) is 11.1 Å². The van der Waals surface area contributed by atoms with Crippen molar-refractivity contribution in [2.24, 2.45) is 0 Å². The van der Waals surface area contributed by atoms with Gasteiger partial charge in [-0.05, 0) is 42.0 Å². The van der Waals surface area contributed by atoms with Gasteiger partial charge in [-0.25, -0.2) is 4.79 Å². The minimum atomic E-state index is -4.40. The van der Waals surface area contributed by atoms with E-state index >= 15 is 0 Å². The number of nitrogens with one attached hydrogen (secondary N) is 1. The van der Waals surface area contributed by atoms with Crippen molar-refractivity contribution in [1.82, 2.24) is 5.32 Å². The van der Waals surface area contributed by atoms with E-state index in [0.717, 1.165) is 17.7 Å². The van der Waals surface area contributed by atoms with Gasteiger partial charge in [0.1, 0.15) is 11.5 Å². The van der Waals surface area contributed by atoms with Crippen LogP contribution in [0.15, 0.2) is 65.1 Å². The van der Waals surface area contributed by atoms with Crippen LogP contribution in [0.3, 0.4) is 0 Å². The molecule has 7 heteroatoms. The molecule has 0 aliphatic rings. The molecule has 3 aromatic rings. The molecule has 3 rings (SSSR count). The normalized spacial score (nSPS) is 11.5. The van der Waals surface area contributed by atoms with Crippen molar-refractivity contribution in [3.8, 4) is 11.3 Å². The average Bonchev–Trinajstić information content (AvgIpc) is 3.10. The van der Waals surface area contributed by atoms with E-state index in [1.165, 1.54) is 18.2 Å². The van der Waals surface area contributed by atoms with Gasteiger partial charge in [-0.15, -0.1) is 0 Å². The number of carbonyl (C=O) groups is 1. The van der Waals surface area contributed by atoms with Crippen molar-refractivity contribution in [2.75, 3.05) is 0 Å². The molecule has 0 unspecified atom stereocenters. The van der Waals surface area contributed by atoms with Gasteiger partial charge in [-0.3, -0.25) is 0 Å². The Balaban J connectivity index is 1.60. The highest BCUT2D eigenvalue weighted by Gasteiger charge is 2.30. The van der Waals surface area contributed by atoms with E-state index in [4.69, 9.17) is 9.52 Å². The minimum Gasteiger partial charge on any atom is -0.478 e. The summed E-state index contributed by atoms with van der Waals surface area (Å²) < 4.78 is 44.1. The maximum atomic E-state index is 12.8. The maximum absolute atomic E-state index is 12.8. The average molecular weight is 375 g/mol. The molecule has 0 saturated carbocycles. The van der Waals surface area contributed by atoms with Crippen LogP contribution in [0, 0.1) is 0 Å². The van der Waals surface area contributed by atoms with E-state index < -0.39 is 17.7 Å². The molecule has 0 aliphatic heterocycles. The zero-order chi connectivity index (χ0) is 19.4. The van der Waals surface area contributed by atoms with Crippen LogP contribution < -0.4 is 5.32 Å². The molecule has 0 spiro atoms. The van der Waals surface area contributed by atoms with Crippen molar-refractivity contribution >= 4 is 5.97 Å². The summed E-state index contributed by atoms with van der Waals surface area (Å²) in [4.78, 5) is 10.8. The van der Waals surface area contributed by atoms with Crippen molar-refractivity contribution in [2.45, 2.75) is 19.3 Å². The Morgan fingerprint density at radius 1 is 1.00 bits per heavy atom. The highest BCUT2D eigenvalue weighted by molar-refractivity contribution is 5.87. The third kappa shape index (κ3) is 4.77. The lowest BCUT2D eigenvalue weighted by Gasteiger charge is -2.07. The van der Waals surface area contributed by atoms with Crippen molar-refractivity contribution in [3.05, 3.63) is 83.1 Å². The summed E-state index contributed by atoms with van der Waals surface area (Å²) in [6.07, 6.45) is -4.40. The van der Waals surface area contributed by atoms with Crippen LogP contribution in [0.4, 0.5) is 13.2 Å². The second kappa shape index (κ2) is 7.67. The van der Waals surface area contributed by atoms with E-state index in [2.05, 4.69) is 5.32 Å². The van der Waals surface area contributed by atoms with Crippen LogP contribution in [0.5, 0.6) is 0 Å². The van der Waals surface area contributed by atoms with Gasteiger partial charge >= 0.3 is 12.1 Å². The third-order valence-electron chi connectivity index (χ3n) is 3.97. The van der Waals surface area contributed by atoms with Crippen LogP contribution in [0.2, 0.25) is 0 Å². The molecule has 0 aliphatic carbocycles. The predicted octanol–water partition coefficient (Wildman–Crippen LogP) is 4.95. The number of hydrogen-bond donors (Lipinski definition) is 2. The number of carboxylic acids is 1. The van der Waals surface area contributed by atoms with E-state index in [-0.39, 0.29) is 5.56 Å². The van der Waals surface area contributed by atoms with E-state index in [1.54, 1.807) is 30.3 Å². The third-order valence-corrected chi connectivity index (χ3v) is 3.97. The highest BCUT2D eigenvalue weighted by Crippen LogP contribution is 2.32. The number of hydrogen-bond acceptors (Lipinski definition) is 3. The lowest BCUT2D eigenvalue weighted by molar-refractivity contribution is -0.137. The van der Waals surface area contributed by atoms with Crippen LogP contribution in [0.25, 0.3) is 11.3 Å². The number of benzene rings is 2. The van der Waals surface area contributed by atoms with Gasteiger partial charge in [0.15, 0.2) is 0 Å². The molecule has 1 heterocycles. The van der Waals surface area contributed by atoms with Gasteiger partial charge in [0, 0.05) is 12.1 Å². The molecule has 1 aromatic heterocycles. The first kappa shape index (κ1) is 18.7. The van der Waals surface area contributed by atoms with E-state index in [9.17, 15) is 18.0 Å². The van der Waals surface area contributed by atoms with Gasteiger partial charge < -0.3 is 14.8 Å². The second-order valence-corrected chi connectivity index (χ2v) is 5.95. The first-order valence-corrected chi connectivity index (χ1v) is 8.12. The van der Waals surface area contributed by atoms with E-state index in [0.29, 0.717) is 30.2 Å². The van der Waals surface area contributed by atoms with Crippen molar-refractivity contribution in [1.29, 1.82) is 0 Å². The lowest BCUT2D eigenvalue weighted by atomic mass is 10.1. The summed E-state index contributed by atoms with van der Waals surface area (Å²) in [6, 6.07) is 14.8. The fourth-order valence-electron chi connectivity index (χ4n) is 2.57. The maximum Gasteiger partial charge on any atom is 0.416 e. The number of aromatic carboxylic acids is 1. The van der Waals surface area contributed by atoms with Crippen LogP contribution in [-0.2, 0) is 19.3 Å². The summed E-state index contributed by atoms with van der Waals surface area (Å²) in [5, 5.41) is 12.0. The van der Waals surface area contributed by atoms with Crippen LogP contribution >= 0.6 is 0 Å². The monoisotopic (exact) mass is 375 g/mol. The summed E-state index contributed by atoms with van der Waals surface area (Å²) >= 11 is 0. The number of halogens is 3. The summed E-state index contributed by atoms with van der Waals surface area (Å²) in [5.74, 6) is -0.0273. The number of alkyl halides is 3. The molecule has 0 saturated heterocycles. The molecule has 0 fully saturated rings.